The summed E-state index contributed by atoms with van der Waals surface area (Å²) in [4.78, 5) is 0. The molecule has 2 rings (SSSR count). The molecule has 2 aromatic rings. The molecule has 0 saturated heterocycles. The summed E-state index contributed by atoms with van der Waals surface area (Å²) < 4.78 is 1.98. The van der Waals surface area contributed by atoms with Crippen molar-refractivity contribution >= 4 is 0 Å². The minimum absolute atomic E-state index is 0.846. The number of aromatic nitrogens is 2. The molecule has 0 bridgehead atoms. The molecule has 1 N–H and O–H groups in total. The minimum Gasteiger partial charge on any atom is -0.314 e. The maximum atomic E-state index is 4.71. The molecule has 0 radical (unpaired) electrons. The average Bonchev–Trinajstić information content (AvgIpc) is 2.65. The molecule has 0 amide bonds. The van der Waals surface area contributed by atoms with Gasteiger partial charge in [-0.1, -0.05) is 12.1 Å². The predicted octanol–water partition coefficient (Wildman–Crippen LogP) is 3.04. The van der Waals surface area contributed by atoms with Crippen LogP contribution < -0.4 is 5.32 Å². The van der Waals surface area contributed by atoms with Crippen molar-refractivity contribution in [2.45, 2.75) is 34.2 Å². The van der Waals surface area contributed by atoms with E-state index in [-0.39, 0.29) is 0 Å². The highest BCUT2D eigenvalue weighted by Gasteiger charge is 2.15. The van der Waals surface area contributed by atoms with Crippen LogP contribution in [0.3, 0.4) is 0 Å². The molecule has 1 aromatic carbocycles. The average molecular weight is 257 g/mol. The summed E-state index contributed by atoms with van der Waals surface area (Å²) in [6.07, 6.45) is 0. The number of benzene rings is 1. The Balaban J connectivity index is 2.60. The Bertz CT molecular complexity index is 609. The van der Waals surface area contributed by atoms with Crippen molar-refractivity contribution in [3.05, 3.63) is 40.1 Å². The minimum atomic E-state index is 0.846. The predicted molar refractivity (Wildman–Crippen MR) is 80.4 cm³/mol. The van der Waals surface area contributed by atoms with Gasteiger partial charge in [-0.25, -0.2) is 0 Å². The van der Waals surface area contributed by atoms with Gasteiger partial charge in [0.05, 0.1) is 11.4 Å². The lowest BCUT2D eigenvalue weighted by atomic mass is 9.95. The molecule has 1 heterocycles. The van der Waals surface area contributed by atoms with Crippen LogP contribution in [0.5, 0.6) is 0 Å². The van der Waals surface area contributed by atoms with Gasteiger partial charge in [0.2, 0.25) is 0 Å². The van der Waals surface area contributed by atoms with Gasteiger partial charge in [-0.05, 0) is 57.0 Å². The standard InChI is InChI=1S/C16H23N3/c1-10-7-8-14(12(3)11(10)2)16-13(4)15(9-17-5)19(6)18-16/h7-8,17H,9H2,1-6H3. The first kappa shape index (κ1) is 13.8. The van der Waals surface area contributed by atoms with Gasteiger partial charge in [0.15, 0.2) is 0 Å². The van der Waals surface area contributed by atoms with Gasteiger partial charge in [-0.2, -0.15) is 5.10 Å². The van der Waals surface area contributed by atoms with Gasteiger partial charge < -0.3 is 5.32 Å². The summed E-state index contributed by atoms with van der Waals surface area (Å²) in [6.45, 7) is 9.52. The van der Waals surface area contributed by atoms with E-state index in [1.165, 1.54) is 33.5 Å². The summed E-state index contributed by atoms with van der Waals surface area (Å²) in [5.74, 6) is 0. The molecule has 0 unspecified atom stereocenters. The smallest absolute Gasteiger partial charge is 0.0958 e. The van der Waals surface area contributed by atoms with Crippen LogP contribution >= 0.6 is 0 Å². The molecule has 0 atom stereocenters. The Kier molecular flexibility index (Phi) is 3.76. The van der Waals surface area contributed by atoms with E-state index in [1.54, 1.807) is 0 Å². The number of hydrogen-bond acceptors (Lipinski definition) is 2. The molecule has 0 aliphatic rings. The SMILES string of the molecule is CNCc1c(C)c(-c2ccc(C)c(C)c2C)nn1C. The Hall–Kier alpha value is -1.61. The van der Waals surface area contributed by atoms with Crippen LogP contribution in [0.15, 0.2) is 12.1 Å². The topological polar surface area (TPSA) is 29.9 Å². The van der Waals surface area contributed by atoms with Crippen LogP contribution in [0, 0.1) is 27.7 Å². The quantitative estimate of drug-likeness (QED) is 0.916. The summed E-state index contributed by atoms with van der Waals surface area (Å²) in [6, 6.07) is 4.37. The third kappa shape index (κ3) is 2.30. The second-order valence-electron chi connectivity index (χ2n) is 5.25. The second kappa shape index (κ2) is 5.17. The molecular weight excluding hydrogens is 234 g/mol. The van der Waals surface area contributed by atoms with E-state index < -0.39 is 0 Å². The van der Waals surface area contributed by atoms with Gasteiger partial charge >= 0.3 is 0 Å². The van der Waals surface area contributed by atoms with Crippen LogP contribution in [0.1, 0.15) is 27.9 Å². The van der Waals surface area contributed by atoms with E-state index in [9.17, 15) is 0 Å². The van der Waals surface area contributed by atoms with Crippen molar-refractivity contribution in [2.75, 3.05) is 7.05 Å². The molecular formula is C16H23N3. The third-order valence-electron chi connectivity index (χ3n) is 4.09. The fourth-order valence-electron chi connectivity index (χ4n) is 2.55. The molecule has 0 aliphatic heterocycles. The summed E-state index contributed by atoms with van der Waals surface area (Å²) in [7, 11) is 3.98. The Morgan fingerprint density at radius 2 is 1.74 bits per heavy atom. The molecule has 0 aliphatic carbocycles. The van der Waals surface area contributed by atoms with Crippen molar-refractivity contribution in [1.82, 2.24) is 15.1 Å². The lowest BCUT2D eigenvalue weighted by Crippen LogP contribution is -2.10. The van der Waals surface area contributed by atoms with E-state index in [4.69, 9.17) is 5.10 Å². The molecule has 0 saturated carbocycles. The van der Waals surface area contributed by atoms with Gasteiger partial charge in [-0.3, -0.25) is 4.68 Å². The molecule has 102 valence electrons. The van der Waals surface area contributed by atoms with Crippen LogP contribution in [0.25, 0.3) is 11.3 Å². The largest absolute Gasteiger partial charge is 0.314 e. The first-order valence-electron chi connectivity index (χ1n) is 6.71. The first-order valence-corrected chi connectivity index (χ1v) is 6.71. The highest BCUT2D eigenvalue weighted by Crippen LogP contribution is 2.30. The normalized spacial score (nSPS) is 11.1. The number of aryl methyl sites for hydroxylation is 2. The zero-order valence-electron chi connectivity index (χ0n) is 12.8. The Morgan fingerprint density at radius 1 is 1.05 bits per heavy atom. The number of hydrogen-bond donors (Lipinski definition) is 1. The highest BCUT2D eigenvalue weighted by molar-refractivity contribution is 5.69. The molecule has 19 heavy (non-hydrogen) atoms. The van der Waals surface area contributed by atoms with Crippen LogP contribution in [-0.4, -0.2) is 16.8 Å². The Morgan fingerprint density at radius 3 is 2.37 bits per heavy atom. The van der Waals surface area contributed by atoms with Crippen molar-refractivity contribution in [3.8, 4) is 11.3 Å². The summed E-state index contributed by atoms with van der Waals surface area (Å²) in [5, 5.41) is 7.91. The Labute approximate surface area is 115 Å². The van der Waals surface area contributed by atoms with E-state index in [0.29, 0.717) is 0 Å². The highest BCUT2D eigenvalue weighted by atomic mass is 15.3. The van der Waals surface area contributed by atoms with E-state index in [0.717, 1.165) is 12.2 Å². The second-order valence-corrected chi connectivity index (χ2v) is 5.25. The molecule has 3 heteroatoms. The zero-order chi connectivity index (χ0) is 14.2. The molecule has 0 spiro atoms. The summed E-state index contributed by atoms with van der Waals surface area (Å²) >= 11 is 0. The lowest BCUT2D eigenvalue weighted by molar-refractivity contribution is 0.671. The first-order chi connectivity index (χ1) is 8.97. The van der Waals surface area contributed by atoms with E-state index in [1.807, 2.05) is 18.8 Å². The van der Waals surface area contributed by atoms with Crippen molar-refractivity contribution in [3.63, 3.8) is 0 Å². The number of nitrogens with zero attached hydrogens (tertiary/aromatic N) is 2. The van der Waals surface area contributed by atoms with E-state index >= 15 is 0 Å². The third-order valence-corrected chi connectivity index (χ3v) is 4.09. The van der Waals surface area contributed by atoms with Crippen LogP contribution in [-0.2, 0) is 13.6 Å². The van der Waals surface area contributed by atoms with Crippen LogP contribution in [0.2, 0.25) is 0 Å². The monoisotopic (exact) mass is 257 g/mol. The van der Waals surface area contributed by atoms with Crippen LogP contribution in [0.4, 0.5) is 0 Å². The van der Waals surface area contributed by atoms with Crippen molar-refractivity contribution in [2.24, 2.45) is 7.05 Å². The molecule has 1 aromatic heterocycles. The zero-order valence-corrected chi connectivity index (χ0v) is 12.8. The van der Waals surface area contributed by atoms with Gasteiger partial charge in [0.25, 0.3) is 0 Å². The fraction of sp³-hybridized carbons (Fsp3) is 0.438. The fourth-order valence-corrected chi connectivity index (χ4v) is 2.55. The molecule has 0 fully saturated rings. The van der Waals surface area contributed by atoms with Crippen molar-refractivity contribution < 1.29 is 0 Å². The number of rotatable bonds is 3. The van der Waals surface area contributed by atoms with Gasteiger partial charge in [0, 0.05) is 19.2 Å². The van der Waals surface area contributed by atoms with Crippen molar-refractivity contribution in [1.29, 1.82) is 0 Å². The molecule has 3 nitrogen and oxygen atoms in total. The number of nitrogens with one attached hydrogen (secondary N) is 1. The van der Waals surface area contributed by atoms with Gasteiger partial charge in [-0.15, -0.1) is 0 Å². The van der Waals surface area contributed by atoms with E-state index in [2.05, 4.69) is 45.1 Å². The lowest BCUT2D eigenvalue weighted by Gasteiger charge is -2.10. The summed E-state index contributed by atoms with van der Waals surface area (Å²) in [5.41, 5.74) is 8.89. The maximum Gasteiger partial charge on any atom is 0.0958 e. The van der Waals surface area contributed by atoms with Gasteiger partial charge in [0.1, 0.15) is 0 Å². The maximum absolute atomic E-state index is 4.71.